The summed E-state index contributed by atoms with van der Waals surface area (Å²) in [7, 11) is 1.52. The Labute approximate surface area is 242 Å². The van der Waals surface area contributed by atoms with Gasteiger partial charge >= 0.3 is 17.2 Å². The normalized spacial score (nSPS) is 15.9. The van der Waals surface area contributed by atoms with E-state index >= 15 is 0 Å². The van der Waals surface area contributed by atoms with Crippen LogP contribution in [0.15, 0.2) is 102 Å². The Bertz CT molecular complexity index is 2170. The molecule has 1 atom stereocenters. The van der Waals surface area contributed by atoms with Gasteiger partial charge in [0, 0.05) is 34.9 Å². The maximum Gasteiger partial charge on any atom is 0.337 e. The molecule has 43 heavy (non-hydrogen) atoms. The number of rotatable bonds is 5. The van der Waals surface area contributed by atoms with Crippen molar-refractivity contribution in [2.45, 2.75) is 19.1 Å². The number of ether oxygens (including phenoxy) is 3. The minimum absolute atomic E-state index is 0.0288. The monoisotopic (exact) mass is 578 g/mol. The molecule has 0 fully saturated rings. The number of aliphatic hydroxyl groups is 1. The van der Waals surface area contributed by atoms with Gasteiger partial charge in [-0.1, -0.05) is 18.2 Å². The quantitative estimate of drug-likeness (QED) is 0.218. The number of esters is 1. The van der Waals surface area contributed by atoms with E-state index in [2.05, 4.69) is 0 Å². The average molecular weight is 579 g/mol. The van der Waals surface area contributed by atoms with Crippen molar-refractivity contribution in [2.75, 3.05) is 7.11 Å². The van der Waals surface area contributed by atoms with Crippen molar-refractivity contribution in [3.8, 4) is 17.2 Å². The zero-order valence-corrected chi connectivity index (χ0v) is 22.6. The second-order valence-electron chi connectivity index (χ2n) is 10.2. The maximum absolute atomic E-state index is 13.0. The number of aromatic hydroxyl groups is 1. The largest absolute Gasteiger partial charge is 0.507 e. The van der Waals surface area contributed by atoms with E-state index in [9.17, 15) is 24.6 Å². The third-order valence-electron chi connectivity index (χ3n) is 7.51. The molecule has 7 rings (SSSR count). The Kier molecular flexibility index (Phi) is 6.05. The molecule has 0 saturated carbocycles. The van der Waals surface area contributed by atoms with Crippen LogP contribution in [-0.2, 0) is 22.4 Å². The predicted molar refractivity (Wildman–Crippen MR) is 154 cm³/mol. The third kappa shape index (κ3) is 4.58. The number of benzene rings is 3. The summed E-state index contributed by atoms with van der Waals surface area (Å²) in [5.74, 6) is -0.0520. The molecule has 10 nitrogen and oxygen atoms in total. The Morgan fingerprint density at radius 1 is 0.814 bits per heavy atom. The fraction of sp³-hybridized carbons (Fsp3) is 0.121. The highest BCUT2D eigenvalue weighted by atomic mass is 16.7. The minimum atomic E-state index is -1.15. The molecule has 214 valence electrons. The Hall–Kier alpha value is -5.77. The Morgan fingerprint density at radius 2 is 1.60 bits per heavy atom. The standard InChI is InChI=1S/C33H22O10/c1-39-20-6-8-26-22(15-20)18(14-28(35)40-26)11-19-12-24-30(37)23-10-16(5-7-27(23)41-33(24)43-32(19)38)9-17-13-29(36)42-31-21(17)3-2-4-25(31)34/h2-8,10,12-15,33-34,37H,9,11H2,1H3. The van der Waals surface area contributed by atoms with Crippen LogP contribution in [0.1, 0.15) is 22.3 Å². The fourth-order valence-corrected chi connectivity index (χ4v) is 5.47. The summed E-state index contributed by atoms with van der Waals surface area (Å²) >= 11 is 0. The van der Waals surface area contributed by atoms with Crippen molar-refractivity contribution in [1.29, 1.82) is 0 Å². The van der Waals surface area contributed by atoms with Gasteiger partial charge in [0.2, 0.25) is 0 Å². The van der Waals surface area contributed by atoms with E-state index in [0.29, 0.717) is 51.0 Å². The molecule has 2 aromatic heterocycles. The van der Waals surface area contributed by atoms with Gasteiger partial charge in [0.15, 0.2) is 11.3 Å². The van der Waals surface area contributed by atoms with Crippen LogP contribution in [0, 0.1) is 0 Å². The summed E-state index contributed by atoms with van der Waals surface area (Å²) in [4.78, 5) is 37.4. The molecule has 0 amide bonds. The molecule has 10 heteroatoms. The molecular formula is C33H22O10. The average Bonchev–Trinajstić information content (AvgIpc) is 2.98. The molecule has 4 heterocycles. The SMILES string of the molecule is COc1ccc2oc(=O)cc(CC3=CC4=C(O)c5cc(Cc6cc(=O)oc7c(O)cccc67)ccc5OC4OC3=O)c2c1. The molecule has 2 aliphatic rings. The zero-order valence-electron chi connectivity index (χ0n) is 22.6. The highest BCUT2D eigenvalue weighted by Crippen LogP contribution is 2.39. The molecule has 0 spiro atoms. The second-order valence-corrected chi connectivity index (χ2v) is 10.2. The third-order valence-corrected chi connectivity index (χ3v) is 7.51. The van der Waals surface area contributed by atoms with Crippen LogP contribution in [-0.4, -0.2) is 29.6 Å². The molecule has 0 saturated heterocycles. The zero-order chi connectivity index (χ0) is 29.8. The van der Waals surface area contributed by atoms with E-state index in [1.54, 1.807) is 48.5 Å². The number of carbonyl (C=O) groups is 1. The first-order chi connectivity index (χ1) is 20.8. The van der Waals surface area contributed by atoms with Crippen molar-refractivity contribution in [3.63, 3.8) is 0 Å². The number of fused-ring (bicyclic) bond motifs is 4. The van der Waals surface area contributed by atoms with Crippen molar-refractivity contribution >= 4 is 33.7 Å². The van der Waals surface area contributed by atoms with E-state index < -0.39 is 23.5 Å². The van der Waals surface area contributed by atoms with Crippen LogP contribution in [0.4, 0.5) is 0 Å². The number of hydrogen-bond donors (Lipinski definition) is 2. The number of aliphatic hydroxyl groups excluding tert-OH is 1. The van der Waals surface area contributed by atoms with Crippen LogP contribution in [0.5, 0.6) is 17.2 Å². The van der Waals surface area contributed by atoms with Gasteiger partial charge in [0.05, 0.1) is 18.2 Å². The van der Waals surface area contributed by atoms with Crippen molar-refractivity contribution in [1.82, 2.24) is 0 Å². The Morgan fingerprint density at radius 3 is 2.42 bits per heavy atom. The second kappa shape index (κ2) is 9.95. The van der Waals surface area contributed by atoms with Gasteiger partial charge in [-0.25, -0.2) is 14.4 Å². The summed E-state index contributed by atoms with van der Waals surface area (Å²) in [5, 5.41) is 22.7. The van der Waals surface area contributed by atoms with E-state index in [1.807, 2.05) is 0 Å². The van der Waals surface area contributed by atoms with Gasteiger partial charge in [-0.15, -0.1) is 0 Å². The summed E-state index contributed by atoms with van der Waals surface area (Å²) in [6.45, 7) is 0. The maximum atomic E-state index is 13.0. The molecule has 2 N–H and O–H groups in total. The lowest BCUT2D eigenvalue weighted by atomic mass is 9.94. The molecular weight excluding hydrogens is 556 g/mol. The van der Waals surface area contributed by atoms with Crippen LogP contribution in [0.25, 0.3) is 27.7 Å². The smallest absolute Gasteiger partial charge is 0.337 e. The van der Waals surface area contributed by atoms with Gasteiger partial charge in [0.25, 0.3) is 6.29 Å². The van der Waals surface area contributed by atoms with Crippen LogP contribution >= 0.6 is 0 Å². The number of phenols is 1. The predicted octanol–water partition coefficient (Wildman–Crippen LogP) is 4.92. The highest BCUT2D eigenvalue weighted by Gasteiger charge is 2.36. The molecule has 3 aromatic carbocycles. The van der Waals surface area contributed by atoms with Crippen LogP contribution in [0.2, 0.25) is 0 Å². The number of phenolic OH excluding ortho intramolecular Hbond substituents is 1. The van der Waals surface area contributed by atoms with Crippen LogP contribution < -0.4 is 20.7 Å². The van der Waals surface area contributed by atoms with Crippen LogP contribution in [0.3, 0.4) is 0 Å². The summed E-state index contributed by atoms with van der Waals surface area (Å²) in [5.41, 5.74) is 2.02. The minimum Gasteiger partial charge on any atom is -0.507 e. The summed E-state index contributed by atoms with van der Waals surface area (Å²) < 4.78 is 27.3. The number of methoxy groups -OCH3 is 1. The van der Waals surface area contributed by atoms with E-state index in [1.165, 1.54) is 31.4 Å². The van der Waals surface area contributed by atoms with Gasteiger partial charge in [-0.2, -0.15) is 0 Å². The molecule has 2 aliphatic heterocycles. The molecule has 0 bridgehead atoms. The first kappa shape index (κ1) is 26.1. The lowest BCUT2D eigenvalue weighted by molar-refractivity contribution is -0.155. The van der Waals surface area contributed by atoms with E-state index in [0.717, 1.165) is 5.56 Å². The molecule has 0 radical (unpaired) electrons. The number of hydrogen-bond acceptors (Lipinski definition) is 10. The van der Waals surface area contributed by atoms with E-state index in [4.69, 9.17) is 23.0 Å². The fourth-order valence-electron chi connectivity index (χ4n) is 5.47. The highest BCUT2D eigenvalue weighted by molar-refractivity contribution is 5.94. The first-order valence-corrected chi connectivity index (χ1v) is 13.3. The van der Waals surface area contributed by atoms with Gasteiger partial charge < -0.3 is 33.3 Å². The van der Waals surface area contributed by atoms with Crippen molar-refractivity contribution in [3.05, 3.63) is 127 Å². The number of carbonyl (C=O) groups excluding carboxylic acids is 1. The molecule has 5 aromatic rings. The van der Waals surface area contributed by atoms with Crippen molar-refractivity contribution in [2.24, 2.45) is 0 Å². The Balaban J connectivity index is 1.26. The summed E-state index contributed by atoms with van der Waals surface area (Å²) in [6.07, 6.45) is 0.688. The molecule has 1 unspecified atom stereocenters. The van der Waals surface area contributed by atoms with E-state index in [-0.39, 0.29) is 34.7 Å². The van der Waals surface area contributed by atoms with Crippen molar-refractivity contribution < 1.29 is 38.1 Å². The lowest BCUT2D eigenvalue weighted by Crippen LogP contribution is -2.34. The lowest BCUT2D eigenvalue weighted by Gasteiger charge is -2.30. The van der Waals surface area contributed by atoms with Gasteiger partial charge in [-0.3, -0.25) is 0 Å². The summed E-state index contributed by atoms with van der Waals surface area (Å²) in [6, 6.07) is 17.7. The topological polar surface area (TPSA) is 146 Å². The first-order valence-electron chi connectivity index (χ1n) is 13.3. The molecule has 0 aliphatic carbocycles. The van der Waals surface area contributed by atoms with Gasteiger partial charge in [-0.05, 0) is 65.6 Å². The van der Waals surface area contributed by atoms with Gasteiger partial charge in [0.1, 0.15) is 22.8 Å². The number of para-hydroxylation sites is 1.